The van der Waals surface area contributed by atoms with Gasteiger partial charge in [-0.25, -0.2) is 0 Å². The smallest absolute Gasteiger partial charge is 0.306 e. The van der Waals surface area contributed by atoms with Gasteiger partial charge in [-0.1, -0.05) is 0 Å². The van der Waals surface area contributed by atoms with E-state index in [1.54, 1.807) is 0 Å². The number of hydrogen-bond donors (Lipinski definition) is 0. The lowest BCUT2D eigenvalue weighted by Gasteiger charge is -2.59. The third-order valence-corrected chi connectivity index (χ3v) is 6.16. The molecular formula is C18H26O6. The average molecular weight is 338 g/mol. The van der Waals surface area contributed by atoms with E-state index in [1.807, 2.05) is 0 Å². The van der Waals surface area contributed by atoms with Crippen LogP contribution in [0.3, 0.4) is 0 Å². The molecule has 0 heterocycles. The van der Waals surface area contributed by atoms with E-state index in [0.717, 1.165) is 11.8 Å². The summed E-state index contributed by atoms with van der Waals surface area (Å²) in [7, 11) is 0. The van der Waals surface area contributed by atoms with Crippen molar-refractivity contribution in [3.05, 3.63) is 0 Å². The van der Waals surface area contributed by atoms with E-state index in [2.05, 4.69) is 11.7 Å². The Balaban J connectivity index is 1.43. The van der Waals surface area contributed by atoms with Crippen molar-refractivity contribution in [1.82, 2.24) is 0 Å². The highest BCUT2D eigenvalue weighted by Gasteiger charge is 2.56. The zero-order valence-electron chi connectivity index (χ0n) is 14.2. The Morgan fingerprint density at radius 1 is 0.958 bits per heavy atom. The van der Waals surface area contributed by atoms with Gasteiger partial charge < -0.3 is 14.2 Å². The van der Waals surface area contributed by atoms with Gasteiger partial charge in [-0.05, 0) is 62.7 Å². The number of rotatable bonds is 8. The molecular weight excluding hydrogens is 312 g/mol. The molecule has 0 radical (unpaired) electrons. The lowest BCUT2D eigenvalue weighted by atomic mass is 9.50. The first-order chi connectivity index (χ1) is 11.5. The van der Waals surface area contributed by atoms with Crippen LogP contribution < -0.4 is 0 Å². The molecule has 4 rings (SSSR count). The monoisotopic (exact) mass is 338 g/mol. The summed E-state index contributed by atoms with van der Waals surface area (Å²) in [6.07, 6.45) is 6.10. The van der Waals surface area contributed by atoms with Crippen LogP contribution in [0.4, 0.5) is 0 Å². The second-order valence-electron chi connectivity index (χ2n) is 7.65. The molecule has 6 heteroatoms. The third-order valence-electron chi connectivity index (χ3n) is 6.16. The Morgan fingerprint density at radius 2 is 1.54 bits per heavy atom. The summed E-state index contributed by atoms with van der Waals surface area (Å²) in [6.45, 7) is 2.44. The van der Waals surface area contributed by atoms with Gasteiger partial charge in [0.2, 0.25) is 0 Å². The molecule has 0 aromatic heterocycles. The molecule has 0 aliphatic heterocycles. The molecule has 0 unspecified atom stereocenters. The molecule has 4 fully saturated rings. The van der Waals surface area contributed by atoms with Gasteiger partial charge >= 0.3 is 11.9 Å². The van der Waals surface area contributed by atoms with Crippen molar-refractivity contribution in [2.45, 2.75) is 57.5 Å². The molecule has 0 N–H and O–H groups in total. The van der Waals surface area contributed by atoms with Gasteiger partial charge in [0, 0.05) is 0 Å². The van der Waals surface area contributed by atoms with Gasteiger partial charge in [-0.2, -0.15) is 0 Å². The molecule has 4 aliphatic rings. The first kappa shape index (κ1) is 17.2. The maximum atomic E-state index is 12.2. The van der Waals surface area contributed by atoms with Crippen LogP contribution >= 0.6 is 0 Å². The van der Waals surface area contributed by atoms with E-state index < -0.39 is 5.97 Å². The summed E-state index contributed by atoms with van der Waals surface area (Å²) >= 11 is 0. The maximum Gasteiger partial charge on any atom is 0.306 e. The Bertz CT molecular complexity index is 472. The summed E-state index contributed by atoms with van der Waals surface area (Å²) in [4.78, 5) is 33.7. The first-order valence-corrected chi connectivity index (χ1v) is 8.94. The van der Waals surface area contributed by atoms with E-state index in [0.29, 0.717) is 18.3 Å². The molecule has 4 saturated carbocycles. The van der Waals surface area contributed by atoms with Crippen molar-refractivity contribution in [3.63, 3.8) is 0 Å². The minimum absolute atomic E-state index is 0.00339. The van der Waals surface area contributed by atoms with Crippen LogP contribution in [-0.2, 0) is 28.6 Å². The van der Waals surface area contributed by atoms with E-state index >= 15 is 0 Å². The topological polar surface area (TPSA) is 78.9 Å². The zero-order valence-corrected chi connectivity index (χ0v) is 14.2. The van der Waals surface area contributed by atoms with Crippen molar-refractivity contribution >= 4 is 18.4 Å². The third kappa shape index (κ3) is 3.57. The summed E-state index contributed by atoms with van der Waals surface area (Å²) in [6, 6.07) is 0. The van der Waals surface area contributed by atoms with Crippen molar-refractivity contribution < 1.29 is 28.6 Å². The van der Waals surface area contributed by atoms with Crippen LogP contribution in [0.5, 0.6) is 0 Å². The lowest BCUT2D eigenvalue weighted by Crippen LogP contribution is -2.58. The Hall–Kier alpha value is -1.59. The SMILES string of the molecule is CC1(OC(=O)CCC(=O)OCCOC=O)C2CC3CC(C2)CC1C3. The minimum atomic E-state index is -0.475. The van der Waals surface area contributed by atoms with Crippen molar-refractivity contribution in [2.75, 3.05) is 13.2 Å². The average Bonchev–Trinajstić information content (AvgIpc) is 2.54. The highest BCUT2D eigenvalue weighted by molar-refractivity contribution is 5.77. The molecule has 6 nitrogen and oxygen atoms in total. The predicted octanol–water partition coefficient (Wildman–Crippen LogP) is 2.24. The summed E-state index contributed by atoms with van der Waals surface area (Å²) in [5, 5.41) is 0. The van der Waals surface area contributed by atoms with Gasteiger partial charge in [0.05, 0.1) is 12.8 Å². The number of ether oxygens (including phenoxy) is 3. The summed E-state index contributed by atoms with van der Waals surface area (Å²) in [5.41, 5.74) is -0.355. The quantitative estimate of drug-likeness (QED) is 0.292. The summed E-state index contributed by atoms with van der Waals surface area (Å²) < 4.78 is 15.2. The molecule has 134 valence electrons. The van der Waals surface area contributed by atoms with Gasteiger partial charge in [0.15, 0.2) is 0 Å². The standard InChI is InChI=1S/C18H26O6/c1-18(14-7-12-6-13(9-14)10-15(18)8-12)24-17(21)3-2-16(20)23-5-4-22-11-19/h11-15H,2-10H2,1H3. The van der Waals surface area contributed by atoms with Gasteiger partial charge in [-0.15, -0.1) is 0 Å². The van der Waals surface area contributed by atoms with E-state index in [4.69, 9.17) is 9.47 Å². The molecule has 0 aromatic carbocycles. The predicted molar refractivity (Wildman–Crippen MR) is 83.8 cm³/mol. The highest BCUT2D eigenvalue weighted by Crippen LogP contribution is 2.59. The van der Waals surface area contributed by atoms with Crippen LogP contribution in [0.2, 0.25) is 0 Å². The largest absolute Gasteiger partial charge is 0.464 e. The fourth-order valence-corrected chi connectivity index (χ4v) is 5.11. The van der Waals surface area contributed by atoms with Crippen molar-refractivity contribution in [3.8, 4) is 0 Å². The molecule has 0 amide bonds. The van der Waals surface area contributed by atoms with Gasteiger partial charge in [0.1, 0.15) is 18.8 Å². The Labute approximate surface area is 142 Å². The molecule has 0 atom stereocenters. The fourth-order valence-electron chi connectivity index (χ4n) is 5.11. The van der Waals surface area contributed by atoms with Crippen molar-refractivity contribution in [2.24, 2.45) is 23.7 Å². The van der Waals surface area contributed by atoms with Crippen LogP contribution in [-0.4, -0.2) is 37.2 Å². The highest BCUT2D eigenvalue weighted by atomic mass is 16.6. The molecule has 4 bridgehead atoms. The van der Waals surface area contributed by atoms with E-state index in [-0.39, 0.29) is 37.6 Å². The second kappa shape index (κ2) is 7.11. The van der Waals surface area contributed by atoms with Gasteiger partial charge in [0.25, 0.3) is 6.47 Å². The number of carbonyl (C=O) groups excluding carboxylic acids is 3. The van der Waals surface area contributed by atoms with Gasteiger partial charge in [-0.3, -0.25) is 14.4 Å². The van der Waals surface area contributed by atoms with Crippen LogP contribution in [0.25, 0.3) is 0 Å². The number of esters is 2. The molecule has 0 aromatic rings. The number of hydrogen-bond acceptors (Lipinski definition) is 6. The van der Waals surface area contributed by atoms with E-state index in [9.17, 15) is 14.4 Å². The maximum absolute atomic E-state index is 12.2. The summed E-state index contributed by atoms with van der Waals surface area (Å²) in [5.74, 6) is 1.81. The Kier molecular flexibility index (Phi) is 5.11. The van der Waals surface area contributed by atoms with Crippen LogP contribution in [0, 0.1) is 23.7 Å². The normalized spacial score (nSPS) is 36.2. The minimum Gasteiger partial charge on any atom is -0.464 e. The van der Waals surface area contributed by atoms with Crippen molar-refractivity contribution in [1.29, 1.82) is 0 Å². The Morgan fingerprint density at radius 3 is 2.12 bits per heavy atom. The zero-order chi connectivity index (χ0) is 17.2. The lowest BCUT2D eigenvalue weighted by molar-refractivity contribution is -0.203. The first-order valence-electron chi connectivity index (χ1n) is 8.94. The van der Waals surface area contributed by atoms with E-state index in [1.165, 1.54) is 32.1 Å². The van der Waals surface area contributed by atoms with Crippen LogP contribution in [0.1, 0.15) is 51.9 Å². The fraction of sp³-hybridized carbons (Fsp3) is 0.833. The number of carbonyl (C=O) groups is 3. The molecule has 24 heavy (non-hydrogen) atoms. The molecule has 0 spiro atoms. The molecule has 4 aliphatic carbocycles. The molecule has 0 saturated heterocycles. The van der Waals surface area contributed by atoms with Crippen LogP contribution in [0.15, 0.2) is 0 Å². The second-order valence-corrected chi connectivity index (χ2v) is 7.65.